The van der Waals surface area contributed by atoms with Gasteiger partial charge in [-0.2, -0.15) is 0 Å². The lowest BCUT2D eigenvalue weighted by Gasteiger charge is -2.20. The molecule has 3 unspecified atom stereocenters. The molecule has 3 atom stereocenters. The molecule has 2 amide bonds. The topological polar surface area (TPSA) is 87.7 Å². The molecule has 20 heavy (non-hydrogen) atoms. The first-order valence-electron chi connectivity index (χ1n) is 7.33. The number of aliphatic carboxylic acids is 1. The van der Waals surface area contributed by atoms with E-state index in [1.165, 1.54) is 0 Å². The second-order valence-corrected chi connectivity index (χ2v) is 5.64. The van der Waals surface area contributed by atoms with Gasteiger partial charge in [0.1, 0.15) is 0 Å². The van der Waals surface area contributed by atoms with Gasteiger partial charge in [0.15, 0.2) is 0 Å². The number of rotatable bonds is 8. The summed E-state index contributed by atoms with van der Waals surface area (Å²) in [6.45, 7) is 6.06. The van der Waals surface area contributed by atoms with Crippen molar-refractivity contribution < 1.29 is 19.4 Å². The molecule has 0 aromatic rings. The molecule has 6 heteroatoms. The number of ether oxygens (including phenoxy) is 1. The summed E-state index contributed by atoms with van der Waals surface area (Å²) in [5.74, 6) is -0.0718. The highest BCUT2D eigenvalue weighted by Gasteiger charge is 2.23. The van der Waals surface area contributed by atoms with Gasteiger partial charge in [0.05, 0.1) is 6.61 Å². The number of carbonyl (C=O) groups is 2. The first-order valence-corrected chi connectivity index (χ1v) is 7.33. The summed E-state index contributed by atoms with van der Waals surface area (Å²) in [6, 6.07) is -0.0447. The zero-order valence-electron chi connectivity index (χ0n) is 12.4. The first kappa shape index (κ1) is 16.8. The van der Waals surface area contributed by atoms with Crippen molar-refractivity contribution in [3.05, 3.63) is 0 Å². The van der Waals surface area contributed by atoms with Gasteiger partial charge in [0, 0.05) is 31.5 Å². The molecule has 0 aliphatic carbocycles. The maximum Gasteiger partial charge on any atom is 0.315 e. The van der Waals surface area contributed by atoms with E-state index in [1.807, 2.05) is 13.8 Å². The molecule has 0 bridgehead atoms. The van der Waals surface area contributed by atoms with E-state index in [9.17, 15) is 9.59 Å². The lowest BCUT2D eigenvalue weighted by Crippen LogP contribution is -2.44. The summed E-state index contributed by atoms with van der Waals surface area (Å²) in [4.78, 5) is 22.1. The van der Waals surface area contributed by atoms with Gasteiger partial charge in [0.25, 0.3) is 0 Å². The predicted molar refractivity (Wildman–Crippen MR) is 75.6 cm³/mol. The SMILES string of the molecule is CC(CCNC(=O)NC(C)C1CCOC1)CCC(=O)O. The molecule has 6 nitrogen and oxygen atoms in total. The van der Waals surface area contributed by atoms with Crippen LogP contribution in [0.15, 0.2) is 0 Å². The van der Waals surface area contributed by atoms with E-state index in [0.29, 0.717) is 31.4 Å². The van der Waals surface area contributed by atoms with Gasteiger partial charge in [-0.1, -0.05) is 6.92 Å². The number of carboxylic acids is 1. The zero-order chi connectivity index (χ0) is 15.0. The van der Waals surface area contributed by atoms with Crippen LogP contribution in [0.4, 0.5) is 4.79 Å². The summed E-state index contributed by atoms with van der Waals surface area (Å²) in [6.07, 6.45) is 2.62. The van der Waals surface area contributed by atoms with Crippen molar-refractivity contribution in [1.29, 1.82) is 0 Å². The van der Waals surface area contributed by atoms with Gasteiger partial charge >= 0.3 is 12.0 Å². The summed E-state index contributed by atoms with van der Waals surface area (Å²) >= 11 is 0. The van der Waals surface area contributed by atoms with Crippen molar-refractivity contribution >= 4 is 12.0 Å². The number of urea groups is 1. The van der Waals surface area contributed by atoms with Crippen molar-refractivity contribution in [2.75, 3.05) is 19.8 Å². The molecule has 1 fully saturated rings. The lowest BCUT2D eigenvalue weighted by molar-refractivity contribution is -0.137. The Morgan fingerprint density at radius 1 is 1.35 bits per heavy atom. The molecule has 3 N–H and O–H groups in total. The van der Waals surface area contributed by atoms with E-state index in [1.54, 1.807) is 0 Å². The van der Waals surface area contributed by atoms with Crippen LogP contribution in [0.3, 0.4) is 0 Å². The number of nitrogens with one attached hydrogen (secondary N) is 2. The summed E-state index contributed by atoms with van der Waals surface area (Å²) < 4.78 is 5.30. The van der Waals surface area contributed by atoms with Gasteiger partial charge in [-0.25, -0.2) is 4.79 Å². The average Bonchev–Trinajstić information content (AvgIpc) is 2.90. The van der Waals surface area contributed by atoms with Crippen LogP contribution in [-0.4, -0.2) is 42.9 Å². The number of hydrogen-bond acceptors (Lipinski definition) is 3. The summed E-state index contributed by atoms with van der Waals surface area (Å²) in [5.41, 5.74) is 0. The van der Waals surface area contributed by atoms with Crippen molar-refractivity contribution in [2.45, 2.75) is 45.6 Å². The van der Waals surface area contributed by atoms with Crippen molar-refractivity contribution in [3.63, 3.8) is 0 Å². The van der Waals surface area contributed by atoms with Crippen LogP contribution < -0.4 is 10.6 Å². The molecule has 116 valence electrons. The Morgan fingerprint density at radius 3 is 2.70 bits per heavy atom. The normalized spacial score (nSPS) is 21.2. The van der Waals surface area contributed by atoms with Crippen LogP contribution in [0, 0.1) is 11.8 Å². The van der Waals surface area contributed by atoms with Gasteiger partial charge in [-0.3, -0.25) is 4.79 Å². The highest BCUT2D eigenvalue weighted by molar-refractivity contribution is 5.74. The Hall–Kier alpha value is -1.30. The standard InChI is InChI=1S/C14H26N2O4/c1-10(3-4-13(17)18)5-7-15-14(19)16-11(2)12-6-8-20-9-12/h10-12H,3-9H2,1-2H3,(H,17,18)(H2,15,16,19). The highest BCUT2D eigenvalue weighted by Crippen LogP contribution is 2.16. The number of carbonyl (C=O) groups excluding carboxylic acids is 1. The molecule has 1 rings (SSSR count). The zero-order valence-corrected chi connectivity index (χ0v) is 12.4. The quantitative estimate of drug-likeness (QED) is 0.632. The minimum absolute atomic E-state index is 0.113. The molecular formula is C14H26N2O4. The van der Waals surface area contributed by atoms with Gasteiger partial charge in [0.2, 0.25) is 0 Å². The van der Waals surface area contributed by atoms with Crippen molar-refractivity contribution in [2.24, 2.45) is 11.8 Å². The van der Waals surface area contributed by atoms with Crippen LogP contribution in [0.5, 0.6) is 0 Å². The second kappa shape index (κ2) is 8.79. The van der Waals surface area contributed by atoms with E-state index in [2.05, 4.69) is 10.6 Å². The number of amides is 2. The molecule has 0 spiro atoms. The molecule has 1 heterocycles. The average molecular weight is 286 g/mol. The van der Waals surface area contributed by atoms with E-state index in [4.69, 9.17) is 9.84 Å². The predicted octanol–water partition coefficient (Wildman–Crippen LogP) is 1.60. The second-order valence-electron chi connectivity index (χ2n) is 5.64. The van der Waals surface area contributed by atoms with Crippen molar-refractivity contribution in [3.8, 4) is 0 Å². The Bertz CT molecular complexity index is 316. The molecule has 0 radical (unpaired) electrons. The summed E-state index contributed by atoms with van der Waals surface area (Å²) in [5, 5.41) is 14.3. The lowest BCUT2D eigenvalue weighted by atomic mass is 10.0. The Morgan fingerprint density at radius 2 is 2.10 bits per heavy atom. The minimum Gasteiger partial charge on any atom is -0.481 e. The van der Waals surface area contributed by atoms with Crippen LogP contribution >= 0.6 is 0 Å². The Balaban J connectivity index is 2.08. The molecule has 1 saturated heterocycles. The Kier molecular flexibility index (Phi) is 7.36. The van der Waals surface area contributed by atoms with Crippen LogP contribution in [0.25, 0.3) is 0 Å². The Labute approximate surface area is 120 Å². The van der Waals surface area contributed by atoms with Crippen molar-refractivity contribution in [1.82, 2.24) is 10.6 Å². The van der Waals surface area contributed by atoms with Gasteiger partial charge in [-0.05, 0) is 32.1 Å². The number of hydrogen-bond donors (Lipinski definition) is 3. The molecule has 0 saturated carbocycles. The third-order valence-electron chi connectivity index (χ3n) is 3.80. The fourth-order valence-electron chi connectivity index (χ4n) is 2.27. The van der Waals surface area contributed by atoms with Crippen LogP contribution in [0.2, 0.25) is 0 Å². The number of carboxylic acid groups (broad SMARTS) is 1. The molecule has 0 aromatic heterocycles. The minimum atomic E-state index is -0.768. The molecule has 1 aliphatic rings. The third kappa shape index (κ3) is 6.75. The molecule has 0 aromatic carbocycles. The molecule has 1 aliphatic heterocycles. The van der Waals surface area contributed by atoms with E-state index in [0.717, 1.165) is 19.4 Å². The maximum absolute atomic E-state index is 11.7. The third-order valence-corrected chi connectivity index (χ3v) is 3.80. The van der Waals surface area contributed by atoms with E-state index < -0.39 is 5.97 Å². The smallest absolute Gasteiger partial charge is 0.315 e. The fraction of sp³-hybridized carbons (Fsp3) is 0.857. The first-order chi connectivity index (χ1) is 9.49. The van der Waals surface area contributed by atoms with E-state index in [-0.39, 0.29) is 18.5 Å². The maximum atomic E-state index is 11.7. The van der Waals surface area contributed by atoms with Crippen LogP contribution in [0.1, 0.15) is 39.5 Å². The highest BCUT2D eigenvalue weighted by atomic mass is 16.5. The van der Waals surface area contributed by atoms with E-state index >= 15 is 0 Å². The monoisotopic (exact) mass is 286 g/mol. The van der Waals surface area contributed by atoms with Crippen LogP contribution in [-0.2, 0) is 9.53 Å². The largest absolute Gasteiger partial charge is 0.481 e. The van der Waals surface area contributed by atoms with Gasteiger partial charge in [-0.15, -0.1) is 0 Å². The summed E-state index contributed by atoms with van der Waals surface area (Å²) in [7, 11) is 0. The van der Waals surface area contributed by atoms with Gasteiger partial charge < -0.3 is 20.5 Å². The fourth-order valence-corrected chi connectivity index (χ4v) is 2.27. The molecular weight excluding hydrogens is 260 g/mol.